The molecule has 0 N–H and O–H groups in total. The van der Waals surface area contributed by atoms with E-state index in [0.29, 0.717) is 5.92 Å². The lowest BCUT2D eigenvalue weighted by Gasteiger charge is -2.13. The molecule has 0 heterocycles. The summed E-state index contributed by atoms with van der Waals surface area (Å²) >= 11 is 0. The van der Waals surface area contributed by atoms with Gasteiger partial charge in [0.15, 0.2) is 0 Å². The molecule has 2 atom stereocenters. The minimum absolute atomic E-state index is 0.252. The van der Waals surface area contributed by atoms with Gasteiger partial charge in [0.25, 0.3) is 0 Å². The number of hydrogen-bond acceptors (Lipinski definition) is 1. The summed E-state index contributed by atoms with van der Waals surface area (Å²) in [5, 5.41) is 2.46. The van der Waals surface area contributed by atoms with Gasteiger partial charge in [-0.25, -0.2) is 0 Å². The van der Waals surface area contributed by atoms with Gasteiger partial charge >= 0.3 is 0 Å². The van der Waals surface area contributed by atoms with Crippen molar-refractivity contribution in [2.24, 2.45) is 5.92 Å². The normalized spacial score (nSPS) is 13.6. The van der Waals surface area contributed by atoms with Crippen LogP contribution in [0.3, 0.4) is 0 Å². The third-order valence-corrected chi connectivity index (χ3v) is 4.00. The van der Waals surface area contributed by atoms with Crippen molar-refractivity contribution < 1.29 is 4.74 Å². The van der Waals surface area contributed by atoms with Crippen LogP contribution in [0.1, 0.15) is 39.2 Å². The average molecular weight is 280 g/mol. The fraction of sp³-hybridized carbons (Fsp3) is 0.400. The molecular formula is C20H24O. The monoisotopic (exact) mass is 280 g/mol. The molecule has 2 rings (SSSR count). The van der Waals surface area contributed by atoms with E-state index in [0.717, 1.165) is 25.0 Å². The first-order valence-corrected chi connectivity index (χ1v) is 7.81. The molecule has 0 saturated carbocycles. The highest BCUT2D eigenvalue weighted by Crippen LogP contribution is 2.24. The molecule has 0 radical (unpaired) electrons. The number of terminal acetylenes is 1. The van der Waals surface area contributed by atoms with Crippen molar-refractivity contribution in [3.8, 4) is 18.1 Å². The van der Waals surface area contributed by atoms with Crippen LogP contribution >= 0.6 is 0 Å². The number of rotatable bonds is 6. The second-order valence-electron chi connectivity index (χ2n) is 5.66. The Bertz CT molecular complexity index is 636. The molecule has 21 heavy (non-hydrogen) atoms. The van der Waals surface area contributed by atoms with E-state index in [4.69, 9.17) is 11.2 Å². The average Bonchev–Trinajstić information content (AvgIpc) is 2.52. The zero-order valence-electron chi connectivity index (χ0n) is 13.2. The molecule has 0 aromatic heterocycles. The first-order chi connectivity index (χ1) is 10.2. The largest absolute Gasteiger partial charge is 0.491 e. The van der Waals surface area contributed by atoms with E-state index in [9.17, 15) is 0 Å². The molecule has 1 heteroatoms. The minimum atomic E-state index is 0.252. The van der Waals surface area contributed by atoms with E-state index < -0.39 is 0 Å². The quantitative estimate of drug-likeness (QED) is 0.659. The van der Waals surface area contributed by atoms with Crippen molar-refractivity contribution >= 4 is 10.8 Å². The third-order valence-electron chi connectivity index (χ3n) is 4.00. The smallest absolute Gasteiger partial charge is 0.120 e. The van der Waals surface area contributed by atoms with Gasteiger partial charge in [0, 0.05) is 5.92 Å². The SMILES string of the molecule is C#CC(CC)Cc1ccc2cc(OC(C)CC)ccc2c1. The number of fused-ring (bicyclic) bond motifs is 1. The molecule has 110 valence electrons. The van der Waals surface area contributed by atoms with Crippen molar-refractivity contribution in [3.63, 3.8) is 0 Å². The summed E-state index contributed by atoms with van der Waals surface area (Å²) in [7, 11) is 0. The first-order valence-electron chi connectivity index (χ1n) is 7.81. The van der Waals surface area contributed by atoms with E-state index in [-0.39, 0.29) is 6.10 Å². The van der Waals surface area contributed by atoms with Crippen LogP contribution in [-0.4, -0.2) is 6.10 Å². The Morgan fingerprint density at radius 3 is 2.43 bits per heavy atom. The fourth-order valence-corrected chi connectivity index (χ4v) is 2.39. The Kier molecular flexibility index (Phi) is 5.28. The van der Waals surface area contributed by atoms with Crippen molar-refractivity contribution in [1.82, 2.24) is 0 Å². The second-order valence-corrected chi connectivity index (χ2v) is 5.66. The zero-order valence-corrected chi connectivity index (χ0v) is 13.2. The summed E-state index contributed by atoms with van der Waals surface area (Å²) in [6.07, 6.45) is 8.80. The van der Waals surface area contributed by atoms with Crippen LogP contribution in [0.15, 0.2) is 36.4 Å². The molecule has 2 aromatic rings. The van der Waals surface area contributed by atoms with Gasteiger partial charge < -0.3 is 4.74 Å². The predicted molar refractivity (Wildman–Crippen MR) is 90.6 cm³/mol. The molecule has 0 aliphatic rings. The van der Waals surface area contributed by atoms with Gasteiger partial charge in [0.2, 0.25) is 0 Å². The summed E-state index contributed by atoms with van der Waals surface area (Å²) in [5.74, 6) is 4.14. The van der Waals surface area contributed by atoms with Crippen LogP contribution in [-0.2, 0) is 6.42 Å². The lowest BCUT2D eigenvalue weighted by atomic mass is 9.96. The van der Waals surface area contributed by atoms with Gasteiger partial charge in [-0.2, -0.15) is 0 Å². The highest BCUT2D eigenvalue weighted by molar-refractivity contribution is 5.84. The molecular weight excluding hydrogens is 256 g/mol. The van der Waals surface area contributed by atoms with Gasteiger partial charge in [-0.15, -0.1) is 12.3 Å². The molecule has 0 saturated heterocycles. The molecule has 0 aliphatic heterocycles. The molecule has 0 bridgehead atoms. The Morgan fingerprint density at radius 2 is 1.76 bits per heavy atom. The van der Waals surface area contributed by atoms with Crippen LogP contribution < -0.4 is 4.74 Å². The zero-order chi connectivity index (χ0) is 15.2. The Hall–Kier alpha value is -1.94. The Balaban J connectivity index is 2.21. The maximum Gasteiger partial charge on any atom is 0.120 e. The summed E-state index contributed by atoms with van der Waals surface area (Å²) in [4.78, 5) is 0. The van der Waals surface area contributed by atoms with Crippen LogP contribution in [0, 0.1) is 18.3 Å². The lowest BCUT2D eigenvalue weighted by molar-refractivity contribution is 0.218. The predicted octanol–water partition coefficient (Wildman–Crippen LogP) is 5.22. The lowest BCUT2D eigenvalue weighted by Crippen LogP contribution is -2.09. The van der Waals surface area contributed by atoms with E-state index in [1.807, 2.05) is 0 Å². The van der Waals surface area contributed by atoms with Crippen LogP contribution in [0.2, 0.25) is 0 Å². The Morgan fingerprint density at radius 1 is 1.05 bits per heavy atom. The molecule has 2 unspecified atom stereocenters. The van der Waals surface area contributed by atoms with E-state index in [1.165, 1.54) is 16.3 Å². The summed E-state index contributed by atoms with van der Waals surface area (Å²) in [5.41, 5.74) is 1.31. The van der Waals surface area contributed by atoms with E-state index in [2.05, 4.69) is 63.1 Å². The van der Waals surface area contributed by atoms with Crippen molar-refractivity contribution in [2.45, 2.75) is 46.1 Å². The fourth-order valence-electron chi connectivity index (χ4n) is 2.39. The van der Waals surface area contributed by atoms with Gasteiger partial charge in [-0.1, -0.05) is 38.1 Å². The number of benzene rings is 2. The highest BCUT2D eigenvalue weighted by Gasteiger charge is 2.06. The van der Waals surface area contributed by atoms with Gasteiger partial charge in [0.05, 0.1) is 6.10 Å². The summed E-state index contributed by atoms with van der Waals surface area (Å²) in [6.45, 7) is 6.37. The van der Waals surface area contributed by atoms with E-state index in [1.54, 1.807) is 0 Å². The molecule has 1 nitrogen and oxygen atoms in total. The van der Waals surface area contributed by atoms with Crippen LogP contribution in [0.4, 0.5) is 0 Å². The number of hydrogen-bond donors (Lipinski definition) is 0. The maximum atomic E-state index is 5.87. The van der Waals surface area contributed by atoms with Crippen molar-refractivity contribution in [2.75, 3.05) is 0 Å². The highest BCUT2D eigenvalue weighted by atomic mass is 16.5. The van der Waals surface area contributed by atoms with E-state index >= 15 is 0 Å². The van der Waals surface area contributed by atoms with Gasteiger partial charge in [0.1, 0.15) is 5.75 Å². The topological polar surface area (TPSA) is 9.23 Å². The first kappa shape index (κ1) is 15.4. The number of ether oxygens (including phenoxy) is 1. The van der Waals surface area contributed by atoms with Gasteiger partial charge in [-0.3, -0.25) is 0 Å². The molecule has 0 fully saturated rings. The van der Waals surface area contributed by atoms with Crippen LogP contribution in [0.5, 0.6) is 5.75 Å². The Labute approximate surface area is 128 Å². The maximum absolute atomic E-state index is 5.87. The summed E-state index contributed by atoms with van der Waals surface area (Å²) in [6, 6.07) is 12.9. The van der Waals surface area contributed by atoms with Crippen molar-refractivity contribution in [1.29, 1.82) is 0 Å². The molecule has 0 aliphatic carbocycles. The van der Waals surface area contributed by atoms with Gasteiger partial charge in [-0.05, 0) is 54.7 Å². The van der Waals surface area contributed by atoms with Crippen molar-refractivity contribution in [3.05, 3.63) is 42.0 Å². The second kappa shape index (κ2) is 7.18. The molecule has 0 spiro atoms. The minimum Gasteiger partial charge on any atom is -0.491 e. The molecule has 2 aromatic carbocycles. The standard InChI is InChI=1S/C20H24O/c1-5-15(4)21-20-11-10-18-13-17(8-9-19(18)14-20)12-16(6-2)7-3/h2,8-11,13-16H,5,7,12H2,1,3-4H3. The van der Waals surface area contributed by atoms with Crippen LogP contribution in [0.25, 0.3) is 10.8 Å². The third kappa shape index (κ3) is 4.02. The molecule has 0 amide bonds. The summed E-state index contributed by atoms with van der Waals surface area (Å²) < 4.78 is 5.87.